The molecule has 2 aromatic rings. The van der Waals surface area contributed by atoms with Crippen molar-refractivity contribution in [3.63, 3.8) is 0 Å². The normalized spacial score (nSPS) is 11.1. The number of nitrogens with one attached hydrogen (secondary N) is 1. The van der Waals surface area contributed by atoms with E-state index >= 15 is 0 Å². The van der Waals surface area contributed by atoms with E-state index in [9.17, 15) is 0 Å². The Bertz CT molecular complexity index is 523. The molecule has 1 N–H and O–H groups in total. The number of nitrogens with zero attached hydrogens (tertiary/aromatic N) is 3. The van der Waals surface area contributed by atoms with Crippen LogP contribution in [-0.4, -0.2) is 43.2 Å². The summed E-state index contributed by atoms with van der Waals surface area (Å²) in [5.41, 5.74) is 2.16. The molecule has 0 unspecified atom stereocenters. The monoisotopic (exact) mass is 262 g/mol. The minimum Gasteiger partial charge on any atom is -0.380 e. The topological polar surface area (TPSA) is 41.8 Å². The second kappa shape index (κ2) is 6.54. The van der Waals surface area contributed by atoms with Crippen molar-refractivity contribution in [1.82, 2.24) is 14.7 Å². The van der Waals surface area contributed by atoms with E-state index in [1.807, 2.05) is 32.2 Å². The molecule has 104 valence electrons. The van der Waals surface area contributed by atoms with Gasteiger partial charge in [0.25, 0.3) is 0 Å². The molecule has 0 aliphatic rings. The Morgan fingerprint density at radius 3 is 3.00 bits per heavy atom. The second-order valence-electron chi connectivity index (χ2n) is 4.46. The fraction of sp³-hybridized carbons (Fsp3) is 0.500. The maximum atomic E-state index is 5.41. The van der Waals surface area contributed by atoms with Crippen molar-refractivity contribution in [2.75, 3.05) is 38.8 Å². The van der Waals surface area contributed by atoms with Crippen LogP contribution in [0.1, 0.15) is 12.6 Å². The number of hydrogen-bond donors (Lipinski definition) is 1. The van der Waals surface area contributed by atoms with Gasteiger partial charge in [0.05, 0.1) is 12.3 Å². The summed E-state index contributed by atoms with van der Waals surface area (Å²) in [6.45, 7) is 5.12. The zero-order valence-corrected chi connectivity index (χ0v) is 11.9. The van der Waals surface area contributed by atoms with Crippen LogP contribution in [-0.2, 0) is 11.3 Å². The van der Waals surface area contributed by atoms with Gasteiger partial charge >= 0.3 is 0 Å². The standard InChI is InChI=1S/C14H22N4O/c1-4-19-10-9-17(3)14-12(11-15-2)18-8-6-5-7-13(18)16-14/h5-8,15H,4,9-11H2,1-3H3. The third-order valence-corrected chi connectivity index (χ3v) is 3.09. The Hall–Kier alpha value is -1.59. The van der Waals surface area contributed by atoms with Crippen LogP contribution in [0.4, 0.5) is 5.82 Å². The van der Waals surface area contributed by atoms with Crippen LogP contribution in [0.25, 0.3) is 5.65 Å². The van der Waals surface area contributed by atoms with Crippen molar-refractivity contribution in [3.05, 3.63) is 30.1 Å². The zero-order chi connectivity index (χ0) is 13.7. The lowest BCUT2D eigenvalue weighted by Gasteiger charge is -2.18. The first-order chi connectivity index (χ1) is 9.27. The number of ether oxygens (including phenoxy) is 1. The number of anilines is 1. The number of pyridine rings is 1. The maximum Gasteiger partial charge on any atom is 0.152 e. The first kappa shape index (κ1) is 13.8. The highest BCUT2D eigenvalue weighted by molar-refractivity contribution is 5.55. The molecule has 0 radical (unpaired) electrons. The van der Waals surface area contributed by atoms with E-state index in [4.69, 9.17) is 9.72 Å². The number of rotatable bonds is 7. The number of hydrogen-bond acceptors (Lipinski definition) is 4. The van der Waals surface area contributed by atoms with Crippen LogP contribution in [0.5, 0.6) is 0 Å². The third-order valence-electron chi connectivity index (χ3n) is 3.09. The van der Waals surface area contributed by atoms with Crippen molar-refractivity contribution in [3.8, 4) is 0 Å². The van der Waals surface area contributed by atoms with Gasteiger partial charge in [-0.25, -0.2) is 4.98 Å². The summed E-state index contributed by atoms with van der Waals surface area (Å²) >= 11 is 0. The van der Waals surface area contributed by atoms with Gasteiger partial charge in [-0.1, -0.05) is 6.07 Å². The number of likely N-dealkylation sites (N-methyl/N-ethyl adjacent to an activating group) is 1. The molecule has 0 bridgehead atoms. The van der Waals surface area contributed by atoms with Crippen molar-refractivity contribution >= 4 is 11.5 Å². The van der Waals surface area contributed by atoms with Crippen molar-refractivity contribution in [2.24, 2.45) is 0 Å². The average Bonchev–Trinajstić information content (AvgIpc) is 2.79. The molecular weight excluding hydrogens is 240 g/mol. The molecule has 0 atom stereocenters. The Morgan fingerprint density at radius 1 is 1.42 bits per heavy atom. The Morgan fingerprint density at radius 2 is 2.26 bits per heavy atom. The van der Waals surface area contributed by atoms with Crippen LogP contribution in [0.15, 0.2) is 24.4 Å². The summed E-state index contributed by atoms with van der Waals surface area (Å²) in [5, 5.41) is 3.21. The lowest BCUT2D eigenvalue weighted by Crippen LogP contribution is -2.25. The predicted molar refractivity (Wildman–Crippen MR) is 77.7 cm³/mol. The third kappa shape index (κ3) is 3.05. The fourth-order valence-electron chi connectivity index (χ4n) is 2.12. The summed E-state index contributed by atoms with van der Waals surface area (Å²) < 4.78 is 7.54. The molecule has 0 aliphatic heterocycles. The second-order valence-corrected chi connectivity index (χ2v) is 4.46. The maximum absolute atomic E-state index is 5.41. The predicted octanol–water partition coefficient (Wildman–Crippen LogP) is 1.53. The number of imidazole rings is 1. The van der Waals surface area contributed by atoms with Crippen molar-refractivity contribution < 1.29 is 4.74 Å². The van der Waals surface area contributed by atoms with E-state index in [1.54, 1.807) is 0 Å². The summed E-state index contributed by atoms with van der Waals surface area (Å²) in [6.07, 6.45) is 2.05. The lowest BCUT2D eigenvalue weighted by molar-refractivity contribution is 0.154. The SMILES string of the molecule is CCOCCN(C)c1nc2ccccn2c1CNC. The summed E-state index contributed by atoms with van der Waals surface area (Å²) in [5.74, 6) is 1.01. The minimum absolute atomic E-state index is 0.722. The molecule has 0 aromatic carbocycles. The Labute approximate surface area is 114 Å². The van der Waals surface area contributed by atoms with Crippen LogP contribution in [0.2, 0.25) is 0 Å². The van der Waals surface area contributed by atoms with E-state index in [2.05, 4.69) is 27.9 Å². The number of aromatic nitrogens is 2. The molecule has 0 spiro atoms. The molecule has 2 heterocycles. The Balaban J connectivity index is 2.27. The molecule has 2 rings (SSSR count). The first-order valence-corrected chi connectivity index (χ1v) is 6.67. The smallest absolute Gasteiger partial charge is 0.152 e. The van der Waals surface area contributed by atoms with Gasteiger partial charge in [0.1, 0.15) is 5.65 Å². The molecule has 5 heteroatoms. The number of fused-ring (bicyclic) bond motifs is 1. The summed E-state index contributed by atoms with van der Waals surface area (Å²) in [4.78, 5) is 6.85. The van der Waals surface area contributed by atoms with Gasteiger partial charge in [0.15, 0.2) is 5.82 Å². The molecule has 5 nitrogen and oxygen atoms in total. The van der Waals surface area contributed by atoms with Gasteiger partial charge in [-0.3, -0.25) is 0 Å². The van der Waals surface area contributed by atoms with Gasteiger partial charge in [-0.2, -0.15) is 0 Å². The van der Waals surface area contributed by atoms with E-state index in [0.29, 0.717) is 0 Å². The van der Waals surface area contributed by atoms with E-state index in [-0.39, 0.29) is 0 Å². The molecule has 0 amide bonds. The van der Waals surface area contributed by atoms with Gasteiger partial charge in [-0.05, 0) is 26.1 Å². The van der Waals surface area contributed by atoms with Gasteiger partial charge in [0.2, 0.25) is 0 Å². The van der Waals surface area contributed by atoms with Crippen molar-refractivity contribution in [1.29, 1.82) is 0 Å². The minimum atomic E-state index is 0.722. The van der Waals surface area contributed by atoms with E-state index in [0.717, 1.165) is 37.8 Å². The molecule has 0 saturated carbocycles. The molecule has 0 aliphatic carbocycles. The van der Waals surface area contributed by atoms with Crippen LogP contribution in [0.3, 0.4) is 0 Å². The van der Waals surface area contributed by atoms with Crippen LogP contribution in [0, 0.1) is 0 Å². The Kier molecular flexibility index (Phi) is 4.76. The van der Waals surface area contributed by atoms with E-state index < -0.39 is 0 Å². The summed E-state index contributed by atoms with van der Waals surface area (Å²) in [7, 11) is 4.01. The van der Waals surface area contributed by atoms with Crippen LogP contribution >= 0.6 is 0 Å². The van der Waals surface area contributed by atoms with E-state index in [1.165, 1.54) is 5.69 Å². The molecule has 0 saturated heterocycles. The van der Waals surface area contributed by atoms with Crippen molar-refractivity contribution in [2.45, 2.75) is 13.5 Å². The highest BCUT2D eigenvalue weighted by Gasteiger charge is 2.14. The highest BCUT2D eigenvalue weighted by Crippen LogP contribution is 2.20. The van der Waals surface area contributed by atoms with Gasteiger partial charge < -0.3 is 19.4 Å². The van der Waals surface area contributed by atoms with Gasteiger partial charge in [0, 0.05) is 32.9 Å². The molecule has 19 heavy (non-hydrogen) atoms. The average molecular weight is 262 g/mol. The largest absolute Gasteiger partial charge is 0.380 e. The van der Waals surface area contributed by atoms with Gasteiger partial charge in [-0.15, -0.1) is 0 Å². The fourth-order valence-corrected chi connectivity index (χ4v) is 2.12. The first-order valence-electron chi connectivity index (χ1n) is 6.67. The molecular formula is C14H22N4O. The van der Waals surface area contributed by atoms with Crippen LogP contribution < -0.4 is 10.2 Å². The quantitative estimate of drug-likeness (QED) is 0.768. The zero-order valence-electron chi connectivity index (χ0n) is 11.9. The lowest BCUT2D eigenvalue weighted by atomic mass is 10.3. The highest BCUT2D eigenvalue weighted by atomic mass is 16.5. The summed E-state index contributed by atoms with van der Waals surface area (Å²) in [6, 6.07) is 6.06. The molecule has 2 aromatic heterocycles. The molecule has 0 fully saturated rings.